The number of hydrogen-bond donors (Lipinski definition) is 0. The van der Waals surface area contributed by atoms with Gasteiger partial charge in [-0.15, -0.1) is 11.8 Å². The van der Waals surface area contributed by atoms with E-state index < -0.39 is 9.84 Å². The Labute approximate surface area is 177 Å². The van der Waals surface area contributed by atoms with E-state index in [1.54, 1.807) is 36.0 Å². The zero-order chi connectivity index (χ0) is 20.7. The Hall–Kier alpha value is -2.37. The van der Waals surface area contributed by atoms with Gasteiger partial charge in [-0.25, -0.2) is 8.42 Å². The van der Waals surface area contributed by atoms with Gasteiger partial charge in [0.05, 0.1) is 10.6 Å². The van der Waals surface area contributed by atoms with Crippen LogP contribution in [0.2, 0.25) is 0 Å². The van der Waals surface area contributed by atoms with Crippen molar-refractivity contribution in [2.45, 2.75) is 35.3 Å². The number of rotatable bonds is 9. The van der Waals surface area contributed by atoms with E-state index in [0.29, 0.717) is 12.8 Å². The molecule has 0 saturated carbocycles. The molecule has 29 heavy (non-hydrogen) atoms. The molecule has 0 spiro atoms. The lowest BCUT2D eigenvalue weighted by atomic mass is 10.1. The predicted octanol–water partition coefficient (Wildman–Crippen LogP) is 5.26. The van der Waals surface area contributed by atoms with Crippen LogP contribution >= 0.6 is 11.8 Å². The van der Waals surface area contributed by atoms with E-state index >= 15 is 0 Å². The molecule has 0 aliphatic rings. The number of aryl methyl sites for hydroxylation is 1. The van der Waals surface area contributed by atoms with Crippen LogP contribution in [0.4, 0.5) is 0 Å². The van der Waals surface area contributed by atoms with Crippen molar-refractivity contribution in [3.63, 3.8) is 0 Å². The van der Waals surface area contributed by atoms with E-state index in [9.17, 15) is 13.2 Å². The van der Waals surface area contributed by atoms with E-state index in [2.05, 4.69) is 0 Å². The Morgan fingerprint density at radius 3 is 2.10 bits per heavy atom. The highest BCUT2D eigenvalue weighted by Gasteiger charge is 2.15. The van der Waals surface area contributed by atoms with Crippen LogP contribution in [-0.2, 0) is 26.8 Å². The first-order chi connectivity index (χ1) is 13.9. The lowest BCUT2D eigenvalue weighted by molar-refractivity contribution is -0.118. The van der Waals surface area contributed by atoms with Crippen LogP contribution in [0.1, 0.15) is 23.1 Å². The number of hydrogen-bond acceptors (Lipinski definition) is 4. The Bertz CT molecular complexity index is 1040. The summed E-state index contributed by atoms with van der Waals surface area (Å²) in [5.74, 6) is 0.873. The van der Waals surface area contributed by atoms with Crippen molar-refractivity contribution in [1.82, 2.24) is 0 Å². The Balaban J connectivity index is 1.53. The second-order valence-corrected chi connectivity index (χ2v) is 10.2. The van der Waals surface area contributed by atoms with E-state index in [0.717, 1.165) is 27.3 Å². The molecule has 0 N–H and O–H groups in total. The van der Waals surface area contributed by atoms with Crippen LogP contribution in [-0.4, -0.2) is 20.0 Å². The van der Waals surface area contributed by atoms with E-state index in [-0.39, 0.29) is 16.4 Å². The maximum Gasteiger partial charge on any atom is 0.182 e. The monoisotopic (exact) mass is 424 g/mol. The molecule has 0 radical (unpaired) electrons. The molecule has 0 atom stereocenters. The molecule has 150 valence electrons. The van der Waals surface area contributed by atoms with Crippen molar-refractivity contribution in [2.75, 3.05) is 5.75 Å². The van der Waals surface area contributed by atoms with Crippen LogP contribution in [0.15, 0.2) is 88.7 Å². The molecule has 0 aliphatic carbocycles. The smallest absolute Gasteiger partial charge is 0.182 e. The maximum atomic E-state index is 12.6. The number of sulfone groups is 1. The van der Waals surface area contributed by atoms with Crippen LogP contribution in [0.25, 0.3) is 0 Å². The highest BCUT2D eigenvalue weighted by molar-refractivity contribution is 7.99. The molecule has 3 rings (SSSR count). The van der Waals surface area contributed by atoms with Crippen molar-refractivity contribution < 1.29 is 13.2 Å². The topological polar surface area (TPSA) is 51.2 Å². The van der Waals surface area contributed by atoms with Gasteiger partial charge in [0.2, 0.25) is 0 Å². The first-order valence-electron chi connectivity index (χ1n) is 9.49. The standard InChI is InChI=1S/C24H24O3S2/c1-19-7-9-21(10-8-19)18-29(26,27)24-13-11-20(12-14-24)17-22(25)15-16-28-23-5-3-2-4-6-23/h2-14H,15-18H2,1H3. The number of carbonyl (C=O) groups is 1. The highest BCUT2D eigenvalue weighted by atomic mass is 32.2. The molecular weight excluding hydrogens is 400 g/mol. The van der Waals surface area contributed by atoms with Gasteiger partial charge < -0.3 is 0 Å². The van der Waals surface area contributed by atoms with E-state index in [1.165, 1.54) is 0 Å². The fourth-order valence-electron chi connectivity index (χ4n) is 2.92. The summed E-state index contributed by atoms with van der Waals surface area (Å²) in [6.45, 7) is 1.97. The molecule has 3 aromatic carbocycles. The normalized spacial score (nSPS) is 11.3. The summed E-state index contributed by atoms with van der Waals surface area (Å²) in [5, 5.41) is 0. The zero-order valence-electron chi connectivity index (χ0n) is 16.4. The molecule has 0 saturated heterocycles. The molecule has 3 aromatic rings. The van der Waals surface area contributed by atoms with Gasteiger partial charge in [0.1, 0.15) is 5.78 Å². The fraction of sp³-hybridized carbons (Fsp3) is 0.208. The summed E-state index contributed by atoms with van der Waals surface area (Å²) in [7, 11) is -3.40. The minimum atomic E-state index is -3.40. The number of Topliss-reactive ketones (excluding diaryl/α,β-unsaturated/α-hetero) is 1. The molecule has 5 heteroatoms. The molecule has 0 heterocycles. The molecular formula is C24H24O3S2. The summed E-state index contributed by atoms with van der Waals surface area (Å²) < 4.78 is 25.3. The van der Waals surface area contributed by atoms with E-state index in [1.807, 2.05) is 61.5 Å². The summed E-state index contributed by atoms with van der Waals surface area (Å²) in [6.07, 6.45) is 0.820. The van der Waals surface area contributed by atoms with Gasteiger partial charge in [-0.05, 0) is 42.3 Å². The molecule has 0 fully saturated rings. The van der Waals surface area contributed by atoms with Crippen molar-refractivity contribution in [2.24, 2.45) is 0 Å². The van der Waals surface area contributed by atoms with Gasteiger partial charge in [-0.1, -0.05) is 60.2 Å². The SMILES string of the molecule is Cc1ccc(CS(=O)(=O)c2ccc(CC(=O)CCSc3ccccc3)cc2)cc1. The summed E-state index contributed by atoms with van der Waals surface area (Å²) in [4.78, 5) is 13.7. The van der Waals surface area contributed by atoms with Gasteiger partial charge in [0.25, 0.3) is 0 Å². The fourth-order valence-corrected chi connectivity index (χ4v) is 5.18. The molecule has 0 aromatic heterocycles. The molecule has 0 bridgehead atoms. The number of carbonyl (C=O) groups excluding carboxylic acids is 1. The van der Waals surface area contributed by atoms with E-state index in [4.69, 9.17) is 0 Å². The maximum absolute atomic E-state index is 12.6. The van der Waals surface area contributed by atoms with Crippen LogP contribution in [0.5, 0.6) is 0 Å². The third kappa shape index (κ3) is 6.58. The first kappa shape index (κ1) is 21.3. The Kier molecular flexibility index (Phi) is 7.29. The van der Waals surface area contributed by atoms with Crippen LogP contribution < -0.4 is 0 Å². The highest BCUT2D eigenvalue weighted by Crippen LogP contribution is 2.20. The second-order valence-electron chi connectivity index (χ2n) is 7.02. The van der Waals surface area contributed by atoms with Gasteiger partial charge in [-0.2, -0.15) is 0 Å². The third-order valence-electron chi connectivity index (χ3n) is 4.55. The second kappa shape index (κ2) is 9.90. The average Bonchev–Trinajstić information content (AvgIpc) is 2.71. The van der Waals surface area contributed by atoms with Gasteiger partial charge in [0, 0.05) is 23.5 Å². The summed E-state index contributed by atoms with van der Waals surface area (Å²) in [5.41, 5.74) is 2.71. The van der Waals surface area contributed by atoms with Crippen LogP contribution in [0.3, 0.4) is 0 Å². The molecule has 0 unspecified atom stereocenters. The third-order valence-corrected chi connectivity index (χ3v) is 7.27. The lowest BCUT2D eigenvalue weighted by Gasteiger charge is -2.07. The van der Waals surface area contributed by atoms with Crippen LogP contribution in [0, 0.1) is 6.92 Å². The first-order valence-corrected chi connectivity index (χ1v) is 12.1. The van der Waals surface area contributed by atoms with Crippen molar-refractivity contribution >= 4 is 27.4 Å². The Morgan fingerprint density at radius 1 is 0.828 bits per heavy atom. The zero-order valence-corrected chi connectivity index (χ0v) is 18.0. The minimum absolute atomic E-state index is 0.0255. The van der Waals surface area contributed by atoms with Crippen molar-refractivity contribution in [3.8, 4) is 0 Å². The minimum Gasteiger partial charge on any atom is -0.299 e. The number of thioether (sulfide) groups is 1. The largest absolute Gasteiger partial charge is 0.299 e. The molecule has 3 nitrogen and oxygen atoms in total. The quantitative estimate of drug-likeness (QED) is 0.440. The van der Waals surface area contributed by atoms with Crippen molar-refractivity contribution in [3.05, 3.63) is 95.6 Å². The van der Waals surface area contributed by atoms with Gasteiger partial charge in [-0.3, -0.25) is 4.79 Å². The summed E-state index contributed by atoms with van der Waals surface area (Å²) >= 11 is 1.67. The van der Waals surface area contributed by atoms with Gasteiger partial charge in [0.15, 0.2) is 9.84 Å². The predicted molar refractivity (Wildman–Crippen MR) is 119 cm³/mol. The average molecular weight is 425 g/mol. The number of benzene rings is 3. The summed E-state index contributed by atoms with van der Waals surface area (Å²) in [6, 6.07) is 24.2. The number of ketones is 1. The Morgan fingerprint density at radius 2 is 1.45 bits per heavy atom. The lowest BCUT2D eigenvalue weighted by Crippen LogP contribution is -2.07. The van der Waals surface area contributed by atoms with Crippen molar-refractivity contribution in [1.29, 1.82) is 0 Å². The molecule has 0 amide bonds. The van der Waals surface area contributed by atoms with Gasteiger partial charge >= 0.3 is 0 Å². The molecule has 0 aliphatic heterocycles.